The van der Waals surface area contributed by atoms with Crippen molar-refractivity contribution in [3.8, 4) is 0 Å². The Morgan fingerprint density at radius 1 is 0.472 bits per heavy atom. The number of rotatable bonds is 29. The lowest BCUT2D eigenvalue weighted by Gasteiger charge is -2.34. The second kappa shape index (κ2) is 26.2. The van der Waals surface area contributed by atoms with Gasteiger partial charge in [-0.3, -0.25) is 0 Å². The van der Waals surface area contributed by atoms with Gasteiger partial charge < -0.3 is 18.9 Å². The Labute approximate surface area is 238 Å². The third-order valence-electron chi connectivity index (χ3n) is 6.25. The molecule has 0 aromatic carbocycles. The number of ether oxygens (including phenoxy) is 4. The Hall–Kier alpha value is 0.974. The Kier molecular flexibility index (Phi) is 26.9. The normalized spacial score (nSPS) is 13.2. The van der Waals surface area contributed by atoms with Crippen molar-refractivity contribution < 1.29 is 18.9 Å². The van der Waals surface area contributed by atoms with Crippen molar-refractivity contribution >= 4 is 40.6 Å². The average molecular weight is 583 g/mol. The van der Waals surface area contributed by atoms with Crippen molar-refractivity contribution in [3.63, 3.8) is 0 Å². The molecule has 8 heteroatoms. The topological polar surface area (TPSA) is 36.9 Å². The van der Waals surface area contributed by atoms with Gasteiger partial charge >= 0.3 is 0 Å². The first-order chi connectivity index (χ1) is 17.6. The Morgan fingerprint density at radius 3 is 1.08 bits per heavy atom. The highest BCUT2D eigenvalue weighted by Crippen LogP contribution is 2.29. The van der Waals surface area contributed by atoms with Gasteiger partial charge in [-0.2, -0.15) is 0 Å². The van der Waals surface area contributed by atoms with Crippen molar-refractivity contribution in [2.24, 2.45) is 0 Å². The molecule has 0 N–H and O–H groups in total. The van der Waals surface area contributed by atoms with E-state index in [0.29, 0.717) is 0 Å². The maximum atomic E-state index is 6.37. The summed E-state index contributed by atoms with van der Waals surface area (Å²) in [6, 6.07) is 2.63. The van der Waals surface area contributed by atoms with Crippen LogP contribution in [0.3, 0.4) is 0 Å². The minimum absolute atomic E-state index is 0.215. The maximum absolute atomic E-state index is 6.37. The van der Waals surface area contributed by atoms with Crippen LogP contribution in [0.1, 0.15) is 119 Å². The van der Waals surface area contributed by atoms with E-state index in [0.717, 1.165) is 65.0 Å². The number of hydrogen-bond acceptors (Lipinski definition) is 6. The minimum Gasteiger partial charge on any atom is -0.354 e. The largest absolute Gasteiger partial charge is 0.354 e. The summed E-state index contributed by atoms with van der Waals surface area (Å²) in [5.74, 6) is 2.45. The van der Waals surface area contributed by atoms with Crippen LogP contribution >= 0.6 is 21.6 Å². The van der Waals surface area contributed by atoms with Gasteiger partial charge in [-0.25, -0.2) is 0 Å². The molecule has 0 saturated heterocycles. The van der Waals surface area contributed by atoms with Crippen LogP contribution in [0.4, 0.5) is 0 Å². The first-order valence-corrected chi connectivity index (χ1v) is 21.3. The highest BCUT2D eigenvalue weighted by atomic mass is 33.1. The summed E-state index contributed by atoms with van der Waals surface area (Å²) in [5.41, 5.74) is -0.430. The molecule has 0 aliphatic carbocycles. The van der Waals surface area contributed by atoms with E-state index in [-0.39, 0.29) is 29.9 Å². The van der Waals surface area contributed by atoms with E-state index in [1.54, 1.807) is 0 Å². The van der Waals surface area contributed by atoms with E-state index in [4.69, 9.17) is 18.9 Å². The summed E-state index contributed by atoms with van der Waals surface area (Å²) in [7, 11) is 3.34. The molecule has 0 fully saturated rings. The molecule has 0 heterocycles. The van der Waals surface area contributed by atoms with Gasteiger partial charge in [0.25, 0.3) is 0 Å². The molecular formula is C28H62O4S2Si2. The van der Waals surface area contributed by atoms with Crippen LogP contribution in [0.25, 0.3) is 0 Å². The van der Waals surface area contributed by atoms with Crippen molar-refractivity contribution in [1.82, 2.24) is 0 Å². The minimum atomic E-state index is -0.379. The van der Waals surface area contributed by atoms with Crippen LogP contribution in [0.5, 0.6) is 0 Å². The first-order valence-electron chi connectivity index (χ1n) is 15.4. The third-order valence-corrected chi connectivity index (χ3v) is 14.0. The molecule has 0 aromatic rings. The van der Waals surface area contributed by atoms with Gasteiger partial charge in [0.15, 0.2) is 0 Å². The molecule has 36 heavy (non-hydrogen) atoms. The molecule has 0 aliphatic heterocycles. The van der Waals surface area contributed by atoms with E-state index >= 15 is 0 Å². The van der Waals surface area contributed by atoms with Gasteiger partial charge in [-0.15, -0.1) is 0 Å². The second-order valence-electron chi connectivity index (χ2n) is 9.98. The SMILES string of the molecule is CCCOC(CCCCSSCCCCC(OCCC)(OCCC)[SiH2]CCC)(OCCC)[SiH2]CCC. The van der Waals surface area contributed by atoms with Crippen LogP contribution in [0.15, 0.2) is 0 Å². The van der Waals surface area contributed by atoms with Crippen LogP contribution in [0.2, 0.25) is 12.1 Å². The van der Waals surface area contributed by atoms with E-state index in [9.17, 15) is 0 Å². The lowest BCUT2D eigenvalue weighted by molar-refractivity contribution is -0.186. The highest BCUT2D eigenvalue weighted by Gasteiger charge is 2.31. The molecule has 218 valence electrons. The van der Waals surface area contributed by atoms with Gasteiger partial charge in [-0.05, 0) is 64.2 Å². The molecule has 0 aromatic heterocycles. The molecule has 4 nitrogen and oxygen atoms in total. The number of hydrogen-bond donors (Lipinski definition) is 0. The predicted molar refractivity (Wildman–Crippen MR) is 170 cm³/mol. The zero-order valence-electron chi connectivity index (χ0n) is 25.0. The fraction of sp³-hybridized carbons (Fsp3) is 1.00. The van der Waals surface area contributed by atoms with Gasteiger partial charge in [0.05, 0.1) is 19.0 Å². The fourth-order valence-corrected chi connectivity index (χ4v) is 10.4. The number of unbranched alkanes of at least 4 members (excludes halogenated alkanes) is 2. The molecular weight excluding hydrogens is 521 g/mol. The molecule has 0 atom stereocenters. The zero-order valence-corrected chi connectivity index (χ0v) is 29.5. The summed E-state index contributed by atoms with van der Waals surface area (Å²) in [6.07, 6.45) is 13.9. The lowest BCUT2D eigenvalue weighted by atomic mass is 10.2. The van der Waals surface area contributed by atoms with Crippen LogP contribution in [-0.2, 0) is 18.9 Å². The summed E-state index contributed by atoms with van der Waals surface area (Å²) >= 11 is 0. The molecule has 0 bridgehead atoms. The molecule has 0 rings (SSSR count). The fourth-order valence-electron chi connectivity index (χ4n) is 4.18. The summed E-state index contributed by atoms with van der Waals surface area (Å²) in [6.45, 7) is 16.7. The average Bonchev–Trinajstić information content (AvgIpc) is 2.90. The Morgan fingerprint density at radius 2 is 0.806 bits per heavy atom. The monoisotopic (exact) mass is 582 g/mol. The van der Waals surface area contributed by atoms with Gasteiger partial charge in [0.1, 0.15) is 10.8 Å². The summed E-state index contributed by atoms with van der Waals surface area (Å²) in [4.78, 5) is 0. The zero-order chi connectivity index (χ0) is 26.8. The Balaban J connectivity index is 4.30. The molecule has 0 unspecified atom stereocenters. The molecule has 0 aliphatic rings. The maximum Gasteiger partial charge on any atom is 0.144 e. The standard InChI is InChI=1S/C28H62O4S2Si2/c1-7-19-29-27(30-20-8-2,35-25-11-5)17-13-15-23-33-34-24-16-14-18-28(31-21-9-3,32-22-10-4)36-26-12-6/h7-26,35-36H2,1-6H3. The quantitative estimate of drug-likeness (QED) is 0.0389. The van der Waals surface area contributed by atoms with Crippen molar-refractivity contribution in [3.05, 3.63) is 0 Å². The van der Waals surface area contributed by atoms with Gasteiger partial charge in [0.2, 0.25) is 0 Å². The van der Waals surface area contributed by atoms with Gasteiger partial charge in [-0.1, -0.05) is 88.1 Å². The molecule has 0 amide bonds. The van der Waals surface area contributed by atoms with Crippen molar-refractivity contribution in [1.29, 1.82) is 0 Å². The molecule has 0 radical (unpaired) electrons. The highest BCUT2D eigenvalue weighted by molar-refractivity contribution is 8.76. The van der Waals surface area contributed by atoms with E-state index < -0.39 is 0 Å². The van der Waals surface area contributed by atoms with Crippen LogP contribution in [-0.4, -0.2) is 67.8 Å². The molecule has 0 spiro atoms. The van der Waals surface area contributed by atoms with Crippen molar-refractivity contribution in [2.45, 2.75) is 142 Å². The summed E-state index contributed by atoms with van der Waals surface area (Å²) in [5, 5.41) is 0. The lowest BCUT2D eigenvalue weighted by Crippen LogP contribution is -2.43. The third kappa shape index (κ3) is 19.1. The summed E-state index contributed by atoms with van der Waals surface area (Å²) < 4.78 is 25.5. The Bertz CT molecular complexity index is 378. The van der Waals surface area contributed by atoms with Gasteiger partial charge in [0, 0.05) is 37.9 Å². The smallest absolute Gasteiger partial charge is 0.144 e. The van der Waals surface area contributed by atoms with Crippen LogP contribution < -0.4 is 0 Å². The van der Waals surface area contributed by atoms with E-state index in [1.807, 2.05) is 21.6 Å². The predicted octanol–water partition coefficient (Wildman–Crippen LogP) is 7.72. The second-order valence-corrected chi connectivity index (χ2v) is 17.3. The molecule has 0 saturated carbocycles. The van der Waals surface area contributed by atoms with Crippen LogP contribution in [0, 0.1) is 0 Å². The van der Waals surface area contributed by atoms with Crippen molar-refractivity contribution in [2.75, 3.05) is 37.9 Å². The van der Waals surface area contributed by atoms with E-state index in [1.165, 1.54) is 62.1 Å². The van der Waals surface area contributed by atoms with E-state index in [2.05, 4.69) is 41.5 Å². The first kappa shape index (κ1) is 37.0.